The van der Waals surface area contributed by atoms with Crippen LogP contribution >= 0.6 is 22.6 Å². The highest BCUT2D eigenvalue weighted by atomic mass is 127. The molecule has 2 aromatic rings. The van der Waals surface area contributed by atoms with E-state index in [-0.39, 0.29) is 30.9 Å². The molecule has 136 valence electrons. The van der Waals surface area contributed by atoms with E-state index in [1.54, 1.807) is 36.4 Å². The molecule has 0 radical (unpaired) electrons. The first kappa shape index (κ1) is 19.7. The lowest BCUT2D eigenvalue weighted by molar-refractivity contribution is -0.122. The van der Waals surface area contributed by atoms with E-state index in [2.05, 4.69) is 38.5 Å². The van der Waals surface area contributed by atoms with E-state index in [0.29, 0.717) is 17.0 Å². The molecule has 0 unspecified atom stereocenters. The third kappa shape index (κ3) is 6.03. The van der Waals surface area contributed by atoms with Gasteiger partial charge in [-0.05, 0) is 46.9 Å². The summed E-state index contributed by atoms with van der Waals surface area (Å²) in [5.41, 5.74) is 1.03. The first-order valence-electron chi connectivity index (χ1n) is 7.75. The molecule has 0 aliphatic carbocycles. The van der Waals surface area contributed by atoms with Crippen molar-refractivity contribution >= 4 is 46.0 Å². The maximum atomic E-state index is 12.1. The van der Waals surface area contributed by atoms with Gasteiger partial charge in [-0.15, -0.1) is 0 Å². The second-order valence-corrected chi connectivity index (χ2v) is 6.36. The molecule has 3 N–H and O–H groups in total. The zero-order chi connectivity index (χ0) is 18.9. The van der Waals surface area contributed by atoms with Crippen LogP contribution in [-0.2, 0) is 9.59 Å². The molecule has 0 aliphatic heterocycles. The fourth-order valence-electron chi connectivity index (χ4n) is 1.99. The standard InChI is InChI=1S/C18H18IN3O4/c1-20-17(24)11-26-13-6-4-5-12(9-13)22-16(23)10-21-18(25)14-7-2-3-8-15(14)19/h2-9H,10-11H2,1H3,(H,20,24)(H,21,25)(H,22,23). The highest BCUT2D eigenvalue weighted by Gasteiger charge is 2.11. The van der Waals surface area contributed by atoms with Crippen molar-refractivity contribution in [2.75, 3.05) is 25.5 Å². The predicted molar refractivity (Wildman–Crippen MR) is 106 cm³/mol. The molecule has 0 spiro atoms. The lowest BCUT2D eigenvalue weighted by Gasteiger charge is -2.10. The van der Waals surface area contributed by atoms with Crippen molar-refractivity contribution in [1.82, 2.24) is 10.6 Å². The first-order valence-corrected chi connectivity index (χ1v) is 8.83. The van der Waals surface area contributed by atoms with E-state index in [1.165, 1.54) is 7.05 Å². The third-order valence-corrected chi connectivity index (χ3v) is 4.24. The number of benzene rings is 2. The summed E-state index contributed by atoms with van der Waals surface area (Å²) in [6.07, 6.45) is 0. The second kappa shape index (κ2) is 9.76. The van der Waals surface area contributed by atoms with Crippen molar-refractivity contribution in [3.63, 3.8) is 0 Å². The fraction of sp³-hybridized carbons (Fsp3) is 0.167. The number of anilines is 1. The van der Waals surface area contributed by atoms with Gasteiger partial charge in [-0.25, -0.2) is 0 Å². The van der Waals surface area contributed by atoms with Crippen LogP contribution in [0.15, 0.2) is 48.5 Å². The Morgan fingerprint density at radius 2 is 1.81 bits per heavy atom. The maximum Gasteiger partial charge on any atom is 0.257 e. The van der Waals surface area contributed by atoms with Crippen molar-refractivity contribution in [3.8, 4) is 5.75 Å². The molecule has 0 bridgehead atoms. The lowest BCUT2D eigenvalue weighted by Crippen LogP contribution is -2.33. The number of hydrogen-bond donors (Lipinski definition) is 3. The number of amides is 3. The van der Waals surface area contributed by atoms with Crippen molar-refractivity contribution in [1.29, 1.82) is 0 Å². The molecular weight excluding hydrogens is 449 g/mol. The van der Waals surface area contributed by atoms with Crippen molar-refractivity contribution < 1.29 is 19.1 Å². The molecule has 0 saturated carbocycles. The minimum atomic E-state index is -0.368. The molecule has 2 aromatic carbocycles. The summed E-state index contributed by atoms with van der Waals surface area (Å²) in [4.78, 5) is 35.3. The summed E-state index contributed by atoms with van der Waals surface area (Å²) < 4.78 is 6.13. The van der Waals surface area contributed by atoms with Crippen LogP contribution in [0.1, 0.15) is 10.4 Å². The Morgan fingerprint density at radius 1 is 1.04 bits per heavy atom. The van der Waals surface area contributed by atoms with Crippen molar-refractivity contribution in [2.24, 2.45) is 0 Å². The molecule has 2 rings (SSSR count). The quantitative estimate of drug-likeness (QED) is 0.542. The Bertz CT molecular complexity index is 811. The second-order valence-electron chi connectivity index (χ2n) is 5.20. The highest BCUT2D eigenvalue weighted by molar-refractivity contribution is 14.1. The minimum Gasteiger partial charge on any atom is -0.484 e. The molecule has 7 nitrogen and oxygen atoms in total. The van der Waals surface area contributed by atoms with Crippen LogP contribution in [0.5, 0.6) is 5.75 Å². The number of carbonyl (C=O) groups is 3. The Hall–Kier alpha value is -2.62. The zero-order valence-electron chi connectivity index (χ0n) is 14.0. The topological polar surface area (TPSA) is 96.5 Å². The van der Waals surface area contributed by atoms with E-state index in [4.69, 9.17) is 4.74 Å². The molecule has 0 saturated heterocycles. The van der Waals surface area contributed by atoms with Gasteiger partial charge in [0, 0.05) is 22.4 Å². The average molecular weight is 467 g/mol. The van der Waals surface area contributed by atoms with Crippen LogP contribution < -0.4 is 20.7 Å². The van der Waals surface area contributed by atoms with Gasteiger partial charge in [0.2, 0.25) is 5.91 Å². The molecule has 0 heterocycles. The highest BCUT2D eigenvalue weighted by Crippen LogP contribution is 2.17. The normalized spacial score (nSPS) is 9.92. The molecular formula is C18H18IN3O4. The number of carbonyl (C=O) groups excluding carboxylic acids is 3. The van der Waals surface area contributed by atoms with Gasteiger partial charge in [-0.3, -0.25) is 14.4 Å². The van der Waals surface area contributed by atoms with Crippen LogP contribution in [-0.4, -0.2) is 37.9 Å². The smallest absolute Gasteiger partial charge is 0.257 e. The molecule has 26 heavy (non-hydrogen) atoms. The van der Waals surface area contributed by atoms with Gasteiger partial charge in [0.1, 0.15) is 5.75 Å². The van der Waals surface area contributed by atoms with Crippen LogP contribution in [0.25, 0.3) is 0 Å². The molecule has 3 amide bonds. The predicted octanol–water partition coefficient (Wildman–Crippen LogP) is 1.78. The molecule has 0 aliphatic rings. The van der Waals surface area contributed by atoms with E-state index in [9.17, 15) is 14.4 Å². The van der Waals surface area contributed by atoms with Crippen LogP contribution in [0.3, 0.4) is 0 Å². The monoisotopic (exact) mass is 467 g/mol. The molecule has 8 heteroatoms. The number of nitrogens with one attached hydrogen (secondary N) is 3. The molecule has 0 atom stereocenters. The van der Waals surface area contributed by atoms with Gasteiger partial charge in [0.05, 0.1) is 12.1 Å². The van der Waals surface area contributed by atoms with E-state index in [1.807, 2.05) is 12.1 Å². The van der Waals surface area contributed by atoms with Crippen LogP contribution in [0.2, 0.25) is 0 Å². The lowest BCUT2D eigenvalue weighted by atomic mass is 10.2. The van der Waals surface area contributed by atoms with Crippen molar-refractivity contribution in [2.45, 2.75) is 0 Å². The third-order valence-electron chi connectivity index (χ3n) is 3.29. The Balaban J connectivity index is 1.87. The zero-order valence-corrected chi connectivity index (χ0v) is 16.2. The summed E-state index contributed by atoms with van der Waals surface area (Å²) in [5, 5.41) is 7.70. The minimum absolute atomic E-state index is 0.111. The van der Waals surface area contributed by atoms with Gasteiger partial charge in [-0.1, -0.05) is 18.2 Å². The van der Waals surface area contributed by atoms with Gasteiger partial charge in [0.15, 0.2) is 6.61 Å². The number of hydrogen-bond acceptors (Lipinski definition) is 4. The summed E-state index contributed by atoms with van der Waals surface area (Å²) in [5.74, 6) is -0.479. The van der Waals surface area contributed by atoms with Gasteiger partial charge >= 0.3 is 0 Å². The Labute approximate surface area is 164 Å². The van der Waals surface area contributed by atoms with E-state index < -0.39 is 0 Å². The Morgan fingerprint density at radius 3 is 2.54 bits per heavy atom. The molecule has 0 fully saturated rings. The van der Waals surface area contributed by atoms with Crippen LogP contribution in [0, 0.1) is 3.57 Å². The van der Waals surface area contributed by atoms with Crippen LogP contribution in [0.4, 0.5) is 5.69 Å². The number of ether oxygens (including phenoxy) is 1. The van der Waals surface area contributed by atoms with Crippen molar-refractivity contribution in [3.05, 3.63) is 57.7 Å². The van der Waals surface area contributed by atoms with Gasteiger partial charge in [0.25, 0.3) is 11.8 Å². The maximum absolute atomic E-state index is 12.1. The number of rotatable bonds is 7. The van der Waals surface area contributed by atoms with Gasteiger partial charge in [-0.2, -0.15) is 0 Å². The Kier molecular flexibility index (Phi) is 7.39. The summed E-state index contributed by atoms with van der Waals surface area (Å²) >= 11 is 2.07. The number of halogens is 1. The average Bonchev–Trinajstić information content (AvgIpc) is 2.65. The first-order chi connectivity index (χ1) is 12.5. The largest absolute Gasteiger partial charge is 0.484 e. The summed E-state index contributed by atoms with van der Waals surface area (Å²) in [6, 6.07) is 13.8. The summed E-state index contributed by atoms with van der Waals surface area (Å²) in [7, 11) is 1.52. The van der Waals surface area contributed by atoms with E-state index >= 15 is 0 Å². The van der Waals surface area contributed by atoms with Gasteiger partial charge < -0.3 is 20.7 Å². The summed E-state index contributed by atoms with van der Waals surface area (Å²) in [6.45, 7) is -0.271. The number of likely N-dealkylation sites (N-methyl/N-ethyl adjacent to an activating group) is 1. The van der Waals surface area contributed by atoms with E-state index in [0.717, 1.165) is 3.57 Å². The SMILES string of the molecule is CNC(=O)COc1cccc(NC(=O)CNC(=O)c2ccccc2I)c1. The fourth-order valence-corrected chi connectivity index (χ4v) is 2.62. The molecule has 0 aromatic heterocycles.